The summed E-state index contributed by atoms with van der Waals surface area (Å²) < 4.78 is 7.58. The van der Waals surface area contributed by atoms with Crippen LogP contribution in [0.2, 0.25) is 0 Å². The second-order valence-electron chi connectivity index (χ2n) is 4.36. The van der Waals surface area contributed by atoms with Crippen LogP contribution < -0.4 is 0 Å². The fourth-order valence-electron chi connectivity index (χ4n) is 2.15. The van der Waals surface area contributed by atoms with Gasteiger partial charge in [-0.1, -0.05) is 6.92 Å². The number of hydrogen-bond donors (Lipinski definition) is 1. The number of aliphatic hydroxyl groups is 1. The van der Waals surface area contributed by atoms with Gasteiger partial charge in [0, 0.05) is 23.9 Å². The standard InChI is InChI=1S/C14H19NO2/c1-3-11(2)15-12(6-7-13(15)10-16)9-14-5-4-8-17-14/h4-8,11,16H,3,9-10H2,1-2H3/t11-/m1/s1. The number of aliphatic hydroxyl groups excluding tert-OH is 1. The van der Waals surface area contributed by atoms with Crippen molar-refractivity contribution < 1.29 is 9.52 Å². The molecule has 2 heterocycles. The SMILES string of the molecule is CC[C@@H](C)n1c(CO)ccc1Cc1ccco1. The van der Waals surface area contributed by atoms with Crippen LogP contribution in [0.1, 0.15) is 43.5 Å². The predicted molar refractivity (Wildman–Crippen MR) is 66.9 cm³/mol. The first kappa shape index (κ1) is 12.0. The molecule has 1 N–H and O–H groups in total. The largest absolute Gasteiger partial charge is 0.469 e. The summed E-state index contributed by atoms with van der Waals surface area (Å²) in [6.07, 6.45) is 3.52. The highest BCUT2D eigenvalue weighted by atomic mass is 16.3. The molecule has 2 aromatic rings. The van der Waals surface area contributed by atoms with Gasteiger partial charge in [-0.05, 0) is 37.6 Å². The van der Waals surface area contributed by atoms with E-state index in [1.54, 1.807) is 6.26 Å². The zero-order chi connectivity index (χ0) is 12.3. The average molecular weight is 233 g/mol. The lowest BCUT2D eigenvalue weighted by Gasteiger charge is -2.18. The van der Waals surface area contributed by atoms with Crippen molar-refractivity contribution in [2.75, 3.05) is 0 Å². The minimum absolute atomic E-state index is 0.0858. The molecule has 0 saturated heterocycles. The number of aromatic nitrogens is 1. The van der Waals surface area contributed by atoms with Gasteiger partial charge in [-0.25, -0.2) is 0 Å². The van der Waals surface area contributed by atoms with E-state index in [2.05, 4.69) is 24.5 Å². The lowest BCUT2D eigenvalue weighted by atomic mass is 10.2. The molecule has 17 heavy (non-hydrogen) atoms. The van der Waals surface area contributed by atoms with Crippen LogP contribution in [-0.4, -0.2) is 9.67 Å². The van der Waals surface area contributed by atoms with Gasteiger partial charge in [-0.2, -0.15) is 0 Å². The Morgan fingerprint density at radius 2 is 2.06 bits per heavy atom. The van der Waals surface area contributed by atoms with E-state index in [9.17, 15) is 5.11 Å². The average Bonchev–Trinajstić information content (AvgIpc) is 2.98. The highest BCUT2D eigenvalue weighted by molar-refractivity contribution is 5.21. The maximum atomic E-state index is 9.36. The molecule has 92 valence electrons. The first-order valence-electron chi connectivity index (χ1n) is 6.08. The van der Waals surface area contributed by atoms with Crippen LogP contribution in [0.4, 0.5) is 0 Å². The van der Waals surface area contributed by atoms with Crippen molar-refractivity contribution >= 4 is 0 Å². The number of nitrogens with zero attached hydrogens (tertiary/aromatic N) is 1. The molecule has 0 aliphatic rings. The fourth-order valence-corrected chi connectivity index (χ4v) is 2.15. The molecule has 3 heteroatoms. The smallest absolute Gasteiger partial charge is 0.109 e. The van der Waals surface area contributed by atoms with Crippen molar-refractivity contribution in [2.24, 2.45) is 0 Å². The van der Waals surface area contributed by atoms with E-state index >= 15 is 0 Å². The molecule has 0 spiro atoms. The fraction of sp³-hybridized carbons (Fsp3) is 0.429. The highest BCUT2D eigenvalue weighted by Crippen LogP contribution is 2.21. The predicted octanol–water partition coefficient (Wildman–Crippen LogP) is 3.14. The van der Waals surface area contributed by atoms with Crippen molar-refractivity contribution in [3.8, 4) is 0 Å². The molecule has 0 amide bonds. The normalized spacial score (nSPS) is 12.9. The molecule has 1 atom stereocenters. The number of hydrogen-bond acceptors (Lipinski definition) is 2. The Hall–Kier alpha value is -1.48. The number of furan rings is 1. The van der Waals surface area contributed by atoms with Crippen LogP contribution in [-0.2, 0) is 13.0 Å². The molecule has 0 aliphatic heterocycles. The Morgan fingerprint density at radius 1 is 1.29 bits per heavy atom. The van der Waals surface area contributed by atoms with E-state index in [1.165, 1.54) is 5.69 Å². The van der Waals surface area contributed by atoms with Crippen LogP contribution in [0.15, 0.2) is 34.9 Å². The molecule has 0 saturated carbocycles. The van der Waals surface area contributed by atoms with Gasteiger partial charge in [0.25, 0.3) is 0 Å². The van der Waals surface area contributed by atoms with Crippen molar-refractivity contribution in [3.63, 3.8) is 0 Å². The van der Waals surface area contributed by atoms with Crippen LogP contribution in [0.5, 0.6) is 0 Å². The summed E-state index contributed by atoms with van der Waals surface area (Å²) in [5.74, 6) is 0.956. The summed E-state index contributed by atoms with van der Waals surface area (Å²) in [5, 5.41) is 9.36. The minimum atomic E-state index is 0.0858. The van der Waals surface area contributed by atoms with Gasteiger partial charge in [0.15, 0.2) is 0 Å². The maximum absolute atomic E-state index is 9.36. The van der Waals surface area contributed by atoms with E-state index in [-0.39, 0.29) is 6.61 Å². The van der Waals surface area contributed by atoms with Crippen molar-refractivity contribution in [1.82, 2.24) is 4.57 Å². The van der Waals surface area contributed by atoms with Gasteiger partial charge in [0.1, 0.15) is 5.76 Å². The molecule has 0 radical (unpaired) electrons. The van der Waals surface area contributed by atoms with Gasteiger partial charge >= 0.3 is 0 Å². The third-order valence-corrected chi connectivity index (χ3v) is 3.22. The molecular formula is C14H19NO2. The van der Waals surface area contributed by atoms with Gasteiger partial charge < -0.3 is 14.1 Å². The van der Waals surface area contributed by atoms with E-state index in [4.69, 9.17) is 4.42 Å². The molecule has 2 rings (SSSR count). The Bertz CT molecular complexity index is 457. The second kappa shape index (κ2) is 5.23. The minimum Gasteiger partial charge on any atom is -0.469 e. The monoisotopic (exact) mass is 233 g/mol. The zero-order valence-corrected chi connectivity index (χ0v) is 10.4. The van der Waals surface area contributed by atoms with E-state index in [0.717, 1.165) is 24.3 Å². The maximum Gasteiger partial charge on any atom is 0.109 e. The third kappa shape index (κ3) is 2.44. The Labute approximate surface area is 102 Å². The topological polar surface area (TPSA) is 38.3 Å². The molecule has 3 nitrogen and oxygen atoms in total. The summed E-state index contributed by atoms with van der Waals surface area (Å²) in [7, 11) is 0. The van der Waals surface area contributed by atoms with Crippen molar-refractivity contribution in [3.05, 3.63) is 47.7 Å². The molecule has 0 bridgehead atoms. The molecule has 0 aliphatic carbocycles. The van der Waals surface area contributed by atoms with Crippen LogP contribution in [0, 0.1) is 0 Å². The second-order valence-corrected chi connectivity index (χ2v) is 4.36. The van der Waals surface area contributed by atoms with Gasteiger partial charge in [-0.15, -0.1) is 0 Å². The van der Waals surface area contributed by atoms with Gasteiger partial charge in [0.05, 0.1) is 12.9 Å². The van der Waals surface area contributed by atoms with Crippen LogP contribution >= 0.6 is 0 Å². The lowest BCUT2D eigenvalue weighted by Crippen LogP contribution is -2.11. The quantitative estimate of drug-likeness (QED) is 0.861. The third-order valence-electron chi connectivity index (χ3n) is 3.22. The highest BCUT2D eigenvalue weighted by Gasteiger charge is 2.13. The van der Waals surface area contributed by atoms with Crippen molar-refractivity contribution in [1.29, 1.82) is 0 Å². The van der Waals surface area contributed by atoms with Crippen molar-refractivity contribution in [2.45, 2.75) is 39.3 Å². The summed E-state index contributed by atoms with van der Waals surface area (Å²) in [4.78, 5) is 0. The van der Waals surface area contributed by atoms with E-state index < -0.39 is 0 Å². The van der Waals surface area contributed by atoms with Crippen LogP contribution in [0.3, 0.4) is 0 Å². The Kier molecular flexibility index (Phi) is 3.69. The first-order chi connectivity index (χ1) is 8.26. The number of rotatable bonds is 5. The van der Waals surface area contributed by atoms with E-state index in [1.807, 2.05) is 18.2 Å². The van der Waals surface area contributed by atoms with E-state index in [0.29, 0.717) is 6.04 Å². The Morgan fingerprint density at radius 3 is 2.65 bits per heavy atom. The summed E-state index contributed by atoms with van der Waals surface area (Å²) in [6.45, 7) is 4.41. The Balaban J connectivity index is 2.30. The summed E-state index contributed by atoms with van der Waals surface area (Å²) >= 11 is 0. The molecule has 0 unspecified atom stereocenters. The molecule has 2 aromatic heterocycles. The first-order valence-corrected chi connectivity index (χ1v) is 6.08. The summed E-state index contributed by atoms with van der Waals surface area (Å²) in [6, 6.07) is 8.34. The zero-order valence-electron chi connectivity index (χ0n) is 10.4. The van der Waals surface area contributed by atoms with Crippen LogP contribution in [0.25, 0.3) is 0 Å². The molecule has 0 fully saturated rings. The molecule has 0 aromatic carbocycles. The lowest BCUT2D eigenvalue weighted by molar-refractivity contribution is 0.265. The van der Waals surface area contributed by atoms with Gasteiger partial charge in [-0.3, -0.25) is 0 Å². The molecular weight excluding hydrogens is 214 g/mol. The summed E-state index contributed by atoms with van der Waals surface area (Å²) in [5.41, 5.74) is 2.17. The van der Waals surface area contributed by atoms with Gasteiger partial charge in [0.2, 0.25) is 0 Å².